The van der Waals surface area contributed by atoms with Gasteiger partial charge >= 0.3 is 0 Å². The fourth-order valence-corrected chi connectivity index (χ4v) is 2.23. The van der Waals surface area contributed by atoms with E-state index in [-0.39, 0.29) is 30.8 Å². The van der Waals surface area contributed by atoms with Crippen molar-refractivity contribution in [2.45, 2.75) is 13.3 Å². The molecule has 0 aromatic heterocycles. The van der Waals surface area contributed by atoms with Crippen molar-refractivity contribution in [3.05, 3.63) is 59.7 Å². The van der Waals surface area contributed by atoms with Crippen LogP contribution in [0, 0.1) is 0 Å². The van der Waals surface area contributed by atoms with E-state index in [4.69, 9.17) is 10.5 Å². The van der Waals surface area contributed by atoms with Crippen LogP contribution < -0.4 is 21.1 Å². The van der Waals surface area contributed by atoms with E-state index in [2.05, 4.69) is 17.6 Å². The van der Waals surface area contributed by atoms with Crippen molar-refractivity contribution in [3.63, 3.8) is 0 Å². The third kappa shape index (κ3) is 6.38. The Balaban J connectivity index is 0.00000338. The molecule has 6 nitrogen and oxygen atoms in total. The number of rotatable bonds is 8. The zero-order valence-corrected chi connectivity index (χ0v) is 15.5. The van der Waals surface area contributed by atoms with Crippen molar-refractivity contribution in [3.8, 4) is 5.75 Å². The van der Waals surface area contributed by atoms with E-state index in [0.29, 0.717) is 30.1 Å². The molecule has 2 amide bonds. The van der Waals surface area contributed by atoms with Crippen molar-refractivity contribution >= 4 is 29.9 Å². The van der Waals surface area contributed by atoms with Gasteiger partial charge in [0.2, 0.25) is 0 Å². The van der Waals surface area contributed by atoms with E-state index >= 15 is 0 Å². The van der Waals surface area contributed by atoms with Gasteiger partial charge in [-0.25, -0.2) is 0 Å². The number of ether oxygens (including phenoxy) is 1. The molecule has 0 spiro atoms. The van der Waals surface area contributed by atoms with Gasteiger partial charge in [-0.05, 0) is 36.2 Å². The van der Waals surface area contributed by atoms with Gasteiger partial charge in [0.05, 0.1) is 11.3 Å². The SMILES string of the molecule is CCc1ccc(OCC(=O)Nc2ccccc2C(=O)NCCN)cc1.Cl. The first kappa shape index (κ1) is 21.5. The molecule has 0 saturated carbocycles. The van der Waals surface area contributed by atoms with Crippen molar-refractivity contribution in [2.75, 3.05) is 25.0 Å². The number of halogens is 1. The van der Waals surface area contributed by atoms with Gasteiger partial charge in [-0.15, -0.1) is 12.4 Å². The molecule has 0 saturated heterocycles. The molecule has 0 atom stereocenters. The second kappa shape index (κ2) is 11.1. The zero-order chi connectivity index (χ0) is 18.1. The second-order valence-electron chi connectivity index (χ2n) is 5.42. The molecule has 0 heterocycles. The Morgan fingerprint density at radius 1 is 1.08 bits per heavy atom. The van der Waals surface area contributed by atoms with E-state index in [0.717, 1.165) is 6.42 Å². The summed E-state index contributed by atoms with van der Waals surface area (Å²) in [5.74, 6) is 0.0115. The summed E-state index contributed by atoms with van der Waals surface area (Å²) >= 11 is 0. The molecule has 0 bridgehead atoms. The van der Waals surface area contributed by atoms with Crippen LogP contribution in [0.4, 0.5) is 5.69 Å². The molecule has 0 aliphatic carbocycles. The number of benzene rings is 2. The second-order valence-corrected chi connectivity index (χ2v) is 5.42. The van der Waals surface area contributed by atoms with E-state index in [1.54, 1.807) is 24.3 Å². The summed E-state index contributed by atoms with van der Waals surface area (Å²) in [7, 11) is 0. The molecular formula is C19H24ClN3O3. The van der Waals surface area contributed by atoms with Gasteiger partial charge < -0.3 is 21.1 Å². The highest BCUT2D eigenvalue weighted by molar-refractivity contribution is 6.04. The smallest absolute Gasteiger partial charge is 0.262 e. The highest BCUT2D eigenvalue weighted by atomic mass is 35.5. The number of carbonyl (C=O) groups is 2. The summed E-state index contributed by atoms with van der Waals surface area (Å²) in [6.07, 6.45) is 0.948. The van der Waals surface area contributed by atoms with E-state index in [1.165, 1.54) is 5.56 Å². The summed E-state index contributed by atoms with van der Waals surface area (Å²) in [5.41, 5.74) is 7.41. The van der Waals surface area contributed by atoms with Gasteiger partial charge in [0, 0.05) is 13.1 Å². The Hall–Kier alpha value is -2.57. The maximum absolute atomic E-state index is 12.1. The molecule has 0 aliphatic rings. The lowest BCUT2D eigenvalue weighted by Gasteiger charge is -2.12. The Morgan fingerprint density at radius 3 is 2.42 bits per heavy atom. The van der Waals surface area contributed by atoms with Gasteiger partial charge in [0.1, 0.15) is 5.75 Å². The van der Waals surface area contributed by atoms with Gasteiger partial charge in [-0.2, -0.15) is 0 Å². The lowest BCUT2D eigenvalue weighted by atomic mass is 10.1. The first-order valence-corrected chi connectivity index (χ1v) is 8.23. The number of para-hydroxylation sites is 1. The number of carbonyl (C=O) groups excluding carboxylic acids is 2. The fraction of sp³-hybridized carbons (Fsp3) is 0.263. The number of anilines is 1. The molecule has 140 valence electrons. The zero-order valence-electron chi connectivity index (χ0n) is 14.7. The average Bonchev–Trinajstić information content (AvgIpc) is 2.65. The maximum atomic E-state index is 12.1. The van der Waals surface area contributed by atoms with Crippen LogP contribution in [-0.2, 0) is 11.2 Å². The van der Waals surface area contributed by atoms with Crippen LogP contribution >= 0.6 is 12.4 Å². The predicted octanol–water partition coefficient (Wildman–Crippen LogP) is 2.38. The lowest BCUT2D eigenvalue weighted by molar-refractivity contribution is -0.118. The van der Waals surface area contributed by atoms with Crippen molar-refractivity contribution in [1.82, 2.24) is 5.32 Å². The summed E-state index contributed by atoms with van der Waals surface area (Å²) < 4.78 is 5.48. The van der Waals surface area contributed by atoms with Crippen molar-refractivity contribution in [2.24, 2.45) is 5.73 Å². The van der Waals surface area contributed by atoms with E-state index in [9.17, 15) is 9.59 Å². The fourth-order valence-electron chi connectivity index (χ4n) is 2.23. The van der Waals surface area contributed by atoms with E-state index < -0.39 is 0 Å². The third-order valence-electron chi connectivity index (χ3n) is 3.58. The predicted molar refractivity (Wildman–Crippen MR) is 105 cm³/mol. The Morgan fingerprint density at radius 2 is 1.77 bits per heavy atom. The Kier molecular flexibility index (Phi) is 9.19. The average molecular weight is 378 g/mol. The molecule has 0 fully saturated rings. The first-order valence-electron chi connectivity index (χ1n) is 8.23. The Labute approximate surface area is 159 Å². The minimum Gasteiger partial charge on any atom is -0.484 e. The molecule has 4 N–H and O–H groups in total. The topological polar surface area (TPSA) is 93.4 Å². The largest absolute Gasteiger partial charge is 0.484 e. The Bertz CT molecular complexity index is 720. The summed E-state index contributed by atoms with van der Waals surface area (Å²) in [6.45, 7) is 2.66. The van der Waals surface area contributed by atoms with Crippen LogP contribution in [-0.4, -0.2) is 31.5 Å². The number of hydrogen-bond donors (Lipinski definition) is 3. The number of nitrogens with one attached hydrogen (secondary N) is 2. The molecule has 0 unspecified atom stereocenters. The van der Waals surface area contributed by atoms with Gasteiger partial charge in [-0.1, -0.05) is 31.2 Å². The number of nitrogens with two attached hydrogens (primary N) is 1. The molecule has 2 aromatic carbocycles. The van der Waals surface area contributed by atoms with E-state index in [1.807, 2.05) is 24.3 Å². The van der Waals surface area contributed by atoms with Gasteiger partial charge in [-0.3, -0.25) is 9.59 Å². The first-order chi connectivity index (χ1) is 12.1. The quantitative estimate of drug-likeness (QED) is 0.658. The highest BCUT2D eigenvalue weighted by Gasteiger charge is 2.12. The molecular weight excluding hydrogens is 354 g/mol. The van der Waals surface area contributed by atoms with Crippen LogP contribution in [0.3, 0.4) is 0 Å². The summed E-state index contributed by atoms with van der Waals surface area (Å²) in [5, 5.41) is 5.39. The highest BCUT2D eigenvalue weighted by Crippen LogP contribution is 2.16. The van der Waals surface area contributed by atoms with Crippen LogP contribution in [0.2, 0.25) is 0 Å². The summed E-state index contributed by atoms with van der Waals surface area (Å²) in [6, 6.07) is 14.4. The van der Waals surface area contributed by atoms with Crippen LogP contribution in [0.1, 0.15) is 22.8 Å². The molecule has 0 aliphatic heterocycles. The van der Waals surface area contributed by atoms with Crippen molar-refractivity contribution in [1.29, 1.82) is 0 Å². The standard InChI is InChI=1S/C19H23N3O3.ClH/c1-2-14-7-9-15(10-8-14)25-13-18(23)22-17-6-4-3-5-16(17)19(24)21-12-11-20;/h3-10H,2,11-13,20H2,1H3,(H,21,24)(H,22,23);1H. The molecule has 2 rings (SSSR count). The van der Waals surface area contributed by atoms with Crippen LogP contribution in [0.5, 0.6) is 5.75 Å². The van der Waals surface area contributed by atoms with Crippen LogP contribution in [0.25, 0.3) is 0 Å². The van der Waals surface area contributed by atoms with Gasteiger partial charge in [0.15, 0.2) is 6.61 Å². The normalized spacial score (nSPS) is 9.77. The monoisotopic (exact) mass is 377 g/mol. The molecule has 7 heteroatoms. The molecule has 2 aromatic rings. The molecule has 0 radical (unpaired) electrons. The third-order valence-corrected chi connectivity index (χ3v) is 3.58. The number of amides is 2. The number of aryl methyl sites for hydroxylation is 1. The summed E-state index contributed by atoms with van der Waals surface area (Å²) in [4.78, 5) is 24.2. The minimum absolute atomic E-state index is 0. The van der Waals surface area contributed by atoms with Gasteiger partial charge in [0.25, 0.3) is 11.8 Å². The molecule has 26 heavy (non-hydrogen) atoms. The van der Waals surface area contributed by atoms with Crippen LogP contribution in [0.15, 0.2) is 48.5 Å². The maximum Gasteiger partial charge on any atom is 0.262 e. The van der Waals surface area contributed by atoms with Crippen molar-refractivity contribution < 1.29 is 14.3 Å². The lowest BCUT2D eigenvalue weighted by Crippen LogP contribution is -2.30. The number of hydrogen-bond acceptors (Lipinski definition) is 4. The minimum atomic E-state index is -0.335.